The van der Waals surface area contributed by atoms with Gasteiger partial charge in [-0.3, -0.25) is 4.79 Å². The molecule has 0 unspecified atom stereocenters. The molecule has 30 heavy (non-hydrogen) atoms. The molecular weight excluding hydrogens is 392 g/mol. The third-order valence-electron chi connectivity index (χ3n) is 3.87. The molecule has 1 aromatic carbocycles. The van der Waals surface area contributed by atoms with E-state index in [-0.39, 0.29) is 19.4 Å². The maximum atomic E-state index is 12.8. The molecule has 0 aliphatic heterocycles. The van der Waals surface area contributed by atoms with Crippen molar-refractivity contribution in [1.29, 1.82) is 0 Å². The predicted octanol–water partition coefficient (Wildman–Crippen LogP) is 1.14. The number of amides is 4. The average molecular weight is 422 g/mol. The number of hydrogen-bond acceptors (Lipinski definition) is 5. The Balaban J connectivity index is 2.83. The number of primary amides is 1. The van der Waals surface area contributed by atoms with Gasteiger partial charge in [0.25, 0.3) is 0 Å². The van der Waals surface area contributed by atoms with E-state index in [1.165, 1.54) is 0 Å². The maximum absolute atomic E-state index is 12.8. The topological polar surface area (TPSA) is 160 Å². The van der Waals surface area contributed by atoms with Crippen LogP contribution in [0.4, 0.5) is 9.59 Å². The molecule has 0 heterocycles. The number of carboxylic acid groups (broad SMARTS) is 1. The van der Waals surface area contributed by atoms with E-state index in [0.717, 1.165) is 5.56 Å². The van der Waals surface area contributed by atoms with Crippen LogP contribution in [0, 0.1) is 0 Å². The van der Waals surface area contributed by atoms with Gasteiger partial charge in [0.2, 0.25) is 5.91 Å². The summed E-state index contributed by atoms with van der Waals surface area (Å²) in [4.78, 5) is 47.2. The zero-order chi connectivity index (χ0) is 22.7. The third-order valence-corrected chi connectivity index (χ3v) is 3.87. The normalized spacial score (nSPS) is 12.9. The summed E-state index contributed by atoms with van der Waals surface area (Å²) < 4.78 is 5.21. The molecular formula is C20H30N4O6. The van der Waals surface area contributed by atoms with Gasteiger partial charge in [0, 0.05) is 13.0 Å². The number of nitrogens with two attached hydrogens (primary N) is 1. The van der Waals surface area contributed by atoms with E-state index in [1.807, 2.05) is 6.07 Å². The smallest absolute Gasteiger partial charge is 0.408 e. The molecule has 166 valence electrons. The van der Waals surface area contributed by atoms with Gasteiger partial charge in [-0.25, -0.2) is 14.4 Å². The van der Waals surface area contributed by atoms with Crippen molar-refractivity contribution in [3.8, 4) is 0 Å². The fraction of sp³-hybridized carbons (Fsp3) is 0.500. The van der Waals surface area contributed by atoms with E-state index < -0.39 is 41.7 Å². The number of urea groups is 1. The standard InChI is InChI=1S/C20H30N4O6/c1-20(2,3)30-19(29)24-15(12-13-8-5-4-6-9-13)16(25)23-14(17(26)27)10-7-11-22-18(21)28/h4-6,8-9,14-15H,7,10-12H2,1-3H3,(H,23,25)(H,24,29)(H,26,27)(H3,21,22,28)/t14-,15-/m0/s1. The first-order chi connectivity index (χ1) is 14.0. The summed E-state index contributed by atoms with van der Waals surface area (Å²) in [6, 6.07) is 6.06. The Bertz CT molecular complexity index is 733. The molecule has 10 nitrogen and oxygen atoms in total. The van der Waals surface area contributed by atoms with Crippen molar-refractivity contribution in [2.45, 2.75) is 57.7 Å². The molecule has 1 rings (SSSR count). The summed E-state index contributed by atoms with van der Waals surface area (Å²) in [5.74, 6) is -1.88. The van der Waals surface area contributed by atoms with Gasteiger partial charge in [0.05, 0.1) is 0 Å². The number of alkyl carbamates (subject to hydrolysis) is 1. The lowest BCUT2D eigenvalue weighted by molar-refractivity contribution is -0.142. The van der Waals surface area contributed by atoms with Crippen molar-refractivity contribution in [3.05, 3.63) is 35.9 Å². The first-order valence-electron chi connectivity index (χ1n) is 9.58. The van der Waals surface area contributed by atoms with Gasteiger partial charge < -0.3 is 31.5 Å². The van der Waals surface area contributed by atoms with E-state index >= 15 is 0 Å². The zero-order valence-corrected chi connectivity index (χ0v) is 17.4. The summed E-state index contributed by atoms with van der Waals surface area (Å²) >= 11 is 0. The highest BCUT2D eigenvalue weighted by atomic mass is 16.6. The summed E-state index contributed by atoms with van der Waals surface area (Å²) in [5.41, 5.74) is 4.99. The Morgan fingerprint density at radius 3 is 2.23 bits per heavy atom. The molecule has 0 aromatic heterocycles. The van der Waals surface area contributed by atoms with Crippen LogP contribution in [-0.4, -0.2) is 53.3 Å². The van der Waals surface area contributed by atoms with Gasteiger partial charge in [0.15, 0.2) is 0 Å². The van der Waals surface area contributed by atoms with Crippen LogP contribution in [0.3, 0.4) is 0 Å². The minimum absolute atomic E-state index is 0.0752. The lowest BCUT2D eigenvalue weighted by Crippen LogP contribution is -2.53. The van der Waals surface area contributed by atoms with E-state index in [0.29, 0.717) is 6.42 Å². The van der Waals surface area contributed by atoms with Gasteiger partial charge in [-0.2, -0.15) is 0 Å². The van der Waals surface area contributed by atoms with Crippen LogP contribution in [0.2, 0.25) is 0 Å². The van der Waals surface area contributed by atoms with Crippen LogP contribution in [0.5, 0.6) is 0 Å². The molecule has 10 heteroatoms. The van der Waals surface area contributed by atoms with Crippen molar-refractivity contribution in [2.75, 3.05) is 6.54 Å². The minimum Gasteiger partial charge on any atom is -0.480 e. The van der Waals surface area contributed by atoms with Crippen molar-refractivity contribution in [2.24, 2.45) is 5.73 Å². The first kappa shape index (κ1) is 24.7. The summed E-state index contributed by atoms with van der Waals surface area (Å²) in [6.07, 6.45) is -0.257. The van der Waals surface area contributed by atoms with Crippen molar-refractivity contribution < 1.29 is 29.0 Å². The Kier molecular flexibility index (Phi) is 9.60. The largest absolute Gasteiger partial charge is 0.480 e. The van der Waals surface area contributed by atoms with E-state index in [2.05, 4.69) is 16.0 Å². The number of hydrogen-bond donors (Lipinski definition) is 5. The summed E-state index contributed by atoms with van der Waals surface area (Å²) in [7, 11) is 0. The lowest BCUT2D eigenvalue weighted by Gasteiger charge is -2.24. The molecule has 2 atom stereocenters. The van der Waals surface area contributed by atoms with Crippen LogP contribution in [0.25, 0.3) is 0 Å². The number of carboxylic acids is 1. The monoisotopic (exact) mass is 422 g/mol. The van der Waals surface area contributed by atoms with Gasteiger partial charge in [-0.05, 0) is 39.2 Å². The molecule has 0 spiro atoms. The lowest BCUT2D eigenvalue weighted by atomic mass is 10.0. The third kappa shape index (κ3) is 10.3. The number of ether oxygens (including phenoxy) is 1. The highest BCUT2D eigenvalue weighted by molar-refractivity contribution is 5.89. The summed E-state index contributed by atoms with van der Waals surface area (Å²) in [6.45, 7) is 5.26. The fourth-order valence-electron chi connectivity index (χ4n) is 2.56. The molecule has 0 saturated heterocycles. The number of carbonyl (C=O) groups excluding carboxylic acids is 3. The molecule has 0 aliphatic carbocycles. The second-order valence-corrected chi connectivity index (χ2v) is 7.72. The van der Waals surface area contributed by atoms with Gasteiger partial charge in [-0.1, -0.05) is 30.3 Å². The molecule has 1 aromatic rings. The molecule has 6 N–H and O–H groups in total. The second-order valence-electron chi connectivity index (χ2n) is 7.72. The van der Waals surface area contributed by atoms with Crippen LogP contribution in [0.15, 0.2) is 30.3 Å². The van der Waals surface area contributed by atoms with Crippen LogP contribution >= 0.6 is 0 Å². The number of benzene rings is 1. The van der Waals surface area contributed by atoms with E-state index in [1.54, 1.807) is 45.0 Å². The van der Waals surface area contributed by atoms with Crippen molar-refractivity contribution in [1.82, 2.24) is 16.0 Å². The van der Waals surface area contributed by atoms with Gasteiger partial charge in [-0.15, -0.1) is 0 Å². The summed E-state index contributed by atoms with van der Waals surface area (Å²) in [5, 5.41) is 16.7. The van der Waals surface area contributed by atoms with Gasteiger partial charge >= 0.3 is 18.1 Å². The second kappa shape index (κ2) is 11.6. The van der Waals surface area contributed by atoms with Gasteiger partial charge in [0.1, 0.15) is 17.7 Å². The molecule has 0 radical (unpaired) electrons. The Morgan fingerprint density at radius 1 is 1.07 bits per heavy atom. The molecule has 0 aliphatic rings. The number of rotatable bonds is 10. The molecule has 0 fully saturated rings. The molecule has 0 saturated carbocycles. The molecule has 0 bridgehead atoms. The molecule has 4 amide bonds. The van der Waals surface area contributed by atoms with Crippen LogP contribution in [0.1, 0.15) is 39.2 Å². The van der Waals surface area contributed by atoms with Crippen LogP contribution in [-0.2, 0) is 20.7 Å². The SMILES string of the molecule is CC(C)(C)OC(=O)N[C@@H](Cc1ccccc1)C(=O)N[C@@H](CCCNC(N)=O)C(=O)O. The average Bonchev–Trinajstić information content (AvgIpc) is 2.62. The van der Waals surface area contributed by atoms with Crippen molar-refractivity contribution >= 4 is 24.0 Å². The predicted molar refractivity (Wildman–Crippen MR) is 110 cm³/mol. The minimum atomic E-state index is -1.22. The van der Waals surface area contributed by atoms with E-state index in [9.17, 15) is 24.3 Å². The van der Waals surface area contributed by atoms with Crippen molar-refractivity contribution in [3.63, 3.8) is 0 Å². The number of carbonyl (C=O) groups is 4. The highest BCUT2D eigenvalue weighted by Crippen LogP contribution is 2.09. The van der Waals surface area contributed by atoms with Crippen LogP contribution < -0.4 is 21.7 Å². The first-order valence-corrected chi connectivity index (χ1v) is 9.58. The van der Waals surface area contributed by atoms with E-state index in [4.69, 9.17) is 10.5 Å². The maximum Gasteiger partial charge on any atom is 0.408 e. The fourth-order valence-corrected chi connectivity index (χ4v) is 2.56. The number of nitrogens with one attached hydrogen (secondary N) is 3. The zero-order valence-electron chi connectivity index (χ0n) is 17.4. The highest BCUT2D eigenvalue weighted by Gasteiger charge is 2.28. The quantitative estimate of drug-likeness (QED) is 0.355. The number of aliphatic carboxylic acids is 1. The Hall–Kier alpha value is -3.30. The Morgan fingerprint density at radius 2 is 1.70 bits per heavy atom. The Labute approximate surface area is 175 Å².